The monoisotopic (exact) mass is 262 g/mol. The van der Waals surface area contributed by atoms with Crippen LogP contribution in [0.3, 0.4) is 0 Å². The predicted octanol–water partition coefficient (Wildman–Crippen LogP) is 1.88. The van der Waals surface area contributed by atoms with E-state index in [1.54, 1.807) is 13.8 Å². The fourth-order valence-corrected chi connectivity index (χ4v) is 1.75. The number of aliphatic carboxylic acids is 1. The first kappa shape index (κ1) is 14.9. The Morgan fingerprint density at radius 1 is 1.47 bits per heavy atom. The standard InChI is InChI=1S/C13H18N4O2/c1-4-5-10(13(18)19)7-15-12-11(6-14)8(2)9(3)16-17-12/h10H,4-5,7H2,1-3H3,(H,15,17)(H,18,19). The fraction of sp³-hybridized carbons (Fsp3) is 0.538. The summed E-state index contributed by atoms with van der Waals surface area (Å²) in [6.07, 6.45) is 1.38. The van der Waals surface area contributed by atoms with Gasteiger partial charge in [-0.3, -0.25) is 4.79 Å². The molecule has 1 heterocycles. The van der Waals surface area contributed by atoms with Gasteiger partial charge in [-0.05, 0) is 25.8 Å². The molecule has 0 spiro atoms. The molecule has 1 aromatic heterocycles. The molecule has 1 rings (SSSR count). The smallest absolute Gasteiger partial charge is 0.308 e. The zero-order valence-corrected chi connectivity index (χ0v) is 11.4. The molecule has 6 nitrogen and oxygen atoms in total. The molecular weight excluding hydrogens is 244 g/mol. The summed E-state index contributed by atoms with van der Waals surface area (Å²) in [5, 5.41) is 29.0. The van der Waals surface area contributed by atoms with Crippen LogP contribution in [0.1, 0.15) is 36.6 Å². The highest BCUT2D eigenvalue weighted by molar-refractivity contribution is 5.71. The van der Waals surface area contributed by atoms with Crippen molar-refractivity contribution in [1.29, 1.82) is 5.26 Å². The van der Waals surface area contributed by atoms with Gasteiger partial charge in [-0.25, -0.2) is 0 Å². The van der Waals surface area contributed by atoms with Crippen LogP contribution in [-0.4, -0.2) is 27.8 Å². The first-order valence-corrected chi connectivity index (χ1v) is 6.21. The lowest BCUT2D eigenvalue weighted by Crippen LogP contribution is -2.23. The lowest BCUT2D eigenvalue weighted by Gasteiger charge is -2.14. The highest BCUT2D eigenvalue weighted by atomic mass is 16.4. The van der Waals surface area contributed by atoms with Gasteiger partial charge in [-0.15, -0.1) is 5.10 Å². The maximum Gasteiger partial charge on any atom is 0.308 e. The molecule has 19 heavy (non-hydrogen) atoms. The Bertz CT molecular complexity index is 508. The molecule has 0 amide bonds. The molecule has 0 saturated carbocycles. The number of hydrogen-bond donors (Lipinski definition) is 2. The van der Waals surface area contributed by atoms with Crippen molar-refractivity contribution in [1.82, 2.24) is 10.2 Å². The zero-order valence-electron chi connectivity index (χ0n) is 11.4. The Morgan fingerprint density at radius 3 is 2.68 bits per heavy atom. The van der Waals surface area contributed by atoms with Crippen LogP contribution in [0.4, 0.5) is 5.82 Å². The lowest BCUT2D eigenvalue weighted by molar-refractivity contribution is -0.141. The van der Waals surface area contributed by atoms with E-state index in [0.717, 1.165) is 12.0 Å². The number of aryl methyl sites for hydroxylation is 1. The van der Waals surface area contributed by atoms with Crippen LogP contribution in [0, 0.1) is 31.1 Å². The maximum atomic E-state index is 11.0. The summed E-state index contributed by atoms with van der Waals surface area (Å²) in [4.78, 5) is 11.0. The second-order valence-electron chi connectivity index (χ2n) is 4.45. The van der Waals surface area contributed by atoms with Crippen LogP contribution in [-0.2, 0) is 4.79 Å². The van der Waals surface area contributed by atoms with Gasteiger partial charge >= 0.3 is 5.97 Å². The Kier molecular flexibility index (Phi) is 5.24. The van der Waals surface area contributed by atoms with E-state index in [9.17, 15) is 4.79 Å². The van der Waals surface area contributed by atoms with Crippen molar-refractivity contribution in [2.45, 2.75) is 33.6 Å². The SMILES string of the molecule is CCCC(CNc1nnc(C)c(C)c1C#N)C(=O)O. The van der Waals surface area contributed by atoms with Crippen molar-refractivity contribution >= 4 is 11.8 Å². The second kappa shape index (κ2) is 6.69. The Labute approximate surface area is 112 Å². The minimum absolute atomic E-state index is 0.245. The first-order valence-electron chi connectivity index (χ1n) is 6.21. The first-order chi connectivity index (χ1) is 9.01. The molecular formula is C13H18N4O2. The molecule has 102 valence electrons. The number of aromatic nitrogens is 2. The molecule has 0 bridgehead atoms. The largest absolute Gasteiger partial charge is 0.481 e. The number of nitrogens with zero attached hydrogens (tertiary/aromatic N) is 3. The Hall–Kier alpha value is -2.16. The topological polar surface area (TPSA) is 98.9 Å². The number of nitriles is 1. The molecule has 1 unspecified atom stereocenters. The number of nitrogens with one attached hydrogen (secondary N) is 1. The number of carboxylic acid groups (broad SMARTS) is 1. The fourth-order valence-electron chi connectivity index (χ4n) is 1.75. The van der Waals surface area contributed by atoms with E-state index in [1.165, 1.54) is 0 Å². The van der Waals surface area contributed by atoms with Gasteiger partial charge in [-0.1, -0.05) is 13.3 Å². The van der Waals surface area contributed by atoms with Crippen molar-refractivity contribution in [3.05, 3.63) is 16.8 Å². The van der Waals surface area contributed by atoms with E-state index in [2.05, 4.69) is 21.6 Å². The van der Waals surface area contributed by atoms with Gasteiger partial charge in [0.25, 0.3) is 0 Å². The van der Waals surface area contributed by atoms with Crippen LogP contribution < -0.4 is 5.32 Å². The van der Waals surface area contributed by atoms with Crippen LogP contribution in [0.2, 0.25) is 0 Å². The summed E-state index contributed by atoms with van der Waals surface area (Å²) in [5.74, 6) is -0.974. The van der Waals surface area contributed by atoms with Gasteiger partial charge < -0.3 is 10.4 Å². The summed E-state index contributed by atoms with van der Waals surface area (Å²) in [5.41, 5.74) is 1.89. The van der Waals surface area contributed by atoms with E-state index in [1.807, 2.05) is 6.92 Å². The third-order valence-electron chi connectivity index (χ3n) is 3.07. The molecule has 0 saturated heterocycles. The van der Waals surface area contributed by atoms with E-state index in [0.29, 0.717) is 23.5 Å². The molecule has 0 aliphatic rings. The van der Waals surface area contributed by atoms with Crippen molar-refractivity contribution in [2.24, 2.45) is 5.92 Å². The number of carboxylic acids is 1. The highest BCUT2D eigenvalue weighted by Crippen LogP contribution is 2.18. The minimum Gasteiger partial charge on any atom is -0.481 e. The minimum atomic E-state index is -0.843. The lowest BCUT2D eigenvalue weighted by atomic mass is 10.0. The van der Waals surface area contributed by atoms with Gasteiger partial charge in [0, 0.05) is 6.54 Å². The van der Waals surface area contributed by atoms with E-state index < -0.39 is 11.9 Å². The van der Waals surface area contributed by atoms with Crippen LogP contribution >= 0.6 is 0 Å². The van der Waals surface area contributed by atoms with Gasteiger partial charge in [0.05, 0.1) is 11.6 Å². The van der Waals surface area contributed by atoms with Gasteiger partial charge in [-0.2, -0.15) is 10.4 Å². The average Bonchev–Trinajstić information content (AvgIpc) is 2.38. The number of rotatable bonds is 6. The van der Waals surface area contributed by atoms with Crippen molar-refractivity contribution < 1.29 is 9.90 Å². The zero-order chi connectivity index (χ0) is 14.4. The van der Waals surface area contributed by atoms with E-state index in [4.69, 9.17) is 10.4 Å². The molecule has 0 radical (unpaired) electrons. The number of carbonyl (C=O) groups is 1. The summed E-state index contributed by atoms with van der Waals surface area (Å²) in [7, 11) is 0. The number of anilines is 1. The van der Waals surface area contributed by atoms with Crippen molar-refractivity contribution in [2.75, 3.05) is 11.9 Å². The summed E-state index contributed by atoms with van der Waals surface area (Å²) < 4.78 is 0. The summed E-state index contributed by atoms with van der Waals surface area (Å²) >= 11 is 0. The van der Waals surface area contributed by atoms with Crippen LogP contribution in [0.5, 0.6) is 0 Å². The quantitative estimate of drug-likeness (QED) is 0.812. The molecule has 0 aliphatic carbocycles. The van der Waals surface area contributed by atoms with Gasteiger partial charge in [0.15, 0.2) is 5.82 Å². The Morgan fingerprint density at radius 2 is 2.16 bits per heavy atom. The van der Waals surface area contributed by atoms with E-state index in [-0.39, 0.29) is 6.54 Å². The summed E-state index contributed by atoms with van der Waals surface area (Å²) in [6, 6.07) is 2.08. The second-order valence-corrected chi connectivity index (χ2v) is 4.45. The molecule has 1 aromatic rings. The molecule has 1 atom stereocenters. The predicted molar refractivity (Wildman–Crippen MR) is 70.7 cm³/mol. The third-order valence-corrected chi connectivity index (χ3v) is 3.07. The highest BCUT2D eigenvalue weighted by Gasteiger charge is 2.18. The number of hydrogen-bond acceptors (Lipinski definition) is 5. The van der Waals surface area contributed by atoms with E-state index >= 15 is 0 Å². The Balaban J connectivity index is 2.86. The normalized spacial score (nSPS) is 11.7. The van der Waals surface area contributed by atoms with Crippen molar-refractivity contribution in [3.8, 4) is 6.07 Å². The summed E-state index contributed by atoms with van der Waals surface area (Å²) in [6.45, 7) is 5.76. The molecule has 6 heteroatoms. The molecule has 0 fully saturated rings. The molecule has 2 N–H and O–H groups in total. The average molecular weight is 262 g/mol. The maximum absolute atomic E-state index is 11.0. The third kappa shape index (κ3) is 3.65. The van der Waals surface area contributed by atoms with Gasteiger partial charge in [0.1, 0.15) is 11.6 Å². The molecule has 0 aromatic carbocycles. The van der Waals surface area contributed by atoms with Crippen LogP contribution in [0.25, 0.3) is 0 Å². The molecule has 0 aliphatic heterocycles. The van der Waals surface area contributed by atoms with Crippen molar-refractivity contribution in [3.63, 3.8) is 0 Å². The van der Waals surface area contributed by atoms with Crippen LogP contribution in [0.15, 0.2) is 0 Å². The van der Waals surface area contributed by atoms with Gasteiger partial charge in [0.2, 0.25) is 0 Å².